The smallest absolute Gasteiger partial charge is 0.337 e. The normalized spacial score (nSPS) is 11.0. The van der Waals surface area contributed by atoms with Gasteiger partial charge in [-0.1, -0.05) is 0 Å². The van der Waals surface area contributed by atoms with Gasteiger partial charge in [-0.3, -0.25) is 4.79 Å². The average Bonchev–Trinajstić information content (AvgIpc) is 2.18. The zero-order valence-corrected chi connectivity index (χ0v) is 10.4. The molecule has 0 atom stereocenters. The molecular formula is C12H17N3O3. The molecule has 0 aromatic heterocycles. The SMILES string of the molecule is CC(C)(CC(N)=O)Nc1ccc(N)cc1C(=O)O. The fourth-order valence-corrected chi connectivity index (χ4v) is 1.69. The first-order valence-corrected chi connectivity index (χ1v) is 5.40. The van der Waals surface area contributed by atoms with Crippen molar-refractivity contribution in [3.05, 3.63) is 23.8 Å². The number of carboxylic acid groups (broad SMARTS) is 1. The van der Waals surface area contributed by atoms with Crippen LogP contribution in [0.25, 0.3) is 0 Å². The van der Waals surface area contributed by atoms with Crippen LogP contribution in [0.15, 0.2) is 18.2 Å². The predicted molar refractivity (Wildman–Crippen MR) is 69.3 cm³/mol. The van der Waals surface area contributed by atoms with Crippen LogP contribution in [-0.4, -0.2) is 22.5 Å². The number of nitrogen functional groups attached to an aromatic ring is 1. The molecule has 1 aromatic carbocycles. The number of amides is 1. The van der Waals surface area contributed by atoms with E-state index in [0.717, 1.165) is 0 Å². The van der Waals surface area contributed by atoms with Crippen molar-refractivity contribution in [1.82, 2.24) is 0 Å². The molecule has 0 unspecified atom stereocenters. The highest BCUT2D eigenvalue weighted by Gasteiger charge is 2.22. The second-order valence-electron chi connectivity index (χ2n) is 4.76. The maximum Gasteiger partial charge on any atom is 0.337 e. The second-order valence-corrected chi connectivity index (χ2v) is 4.76. The van der Waals surface area contributed by atoms with E-state index in [1.54, 1.807) is 26.0 Å². The van der Waals surface area contributed by atoms with E-state index in [0.29, 0.717) is 11.4 Å². The van der Waals surface area contributed by atoms with Crippen molar-refractivity contribution < 1.29 is 14.7 Å². The summed E-state index contributed by atoms with van der Waals surface area (Å²) >= 11 is 0. The van der Waals surface area contributed by atoms with Crippen LogP contribution in [0, 0.1) is 0 Å². The van der Waals surface area contributed by atoms with Gasteiger partial charge in [-0.15, -0.1) is 0 Å². The molecular weight excluding hydrogens is 234 g/mol. The summed E-state index contributed by atoms with van der Waals surface area (Å²) < 4.78 is 0. The highest BCUT2D eigenvalue weighted by molar-refractivity contribution is 5.95. The Morgan fingerprint density at radius 1 is 1.39 bits per heavy atom. The van der Waals surface area contributed by atoms with Crippen LogP contribution in [0.4, 0.5) is 11.4 Å². The van der Waals surface area contributed by atoms with Crippen LogP contribution in [-0.2, 0) is 4.79 Å². The lowest BCUT2D eigenvalue weighted by atomic mass is 9.98. The lowest BCUT2D eigenvalue weighted by Crippen LogP contribution is -2.36. The van der Waals surface area contributed by atoms with Crippen molar-refractivity contribution >= 4 is 23.3 Å². The van der Waals surface area contributed by atoms with E-state index in [2.05, 4.69) is 5.32 Å². The summed E-state index contributed by atoms with van der Waals surface area (Å²) in [6.07, 6.45) is 0.0937. The largest absolute Gasteiger partial charge is 0.478 e. The molecule has 0 fully saturated rings. The van der Waals surface area contributed by atoms with Gasteiger partial charge < -0.3 is 21.9 Å². The quantitative estimate of drug-likeness (QED) is 0.583. The van der Waals surface area contributed by atoms with Gasteiger partial charge in [0.2, 0.25) is 5.91 Å². The van der Waals surface area contributed by atoms with Gasteiger partial charge in [0, 0.05) is 23.3 Å². The van der Waals surface area contributed by atoms with Crippen LogP contribution in [0.3, 0.4) is 0 Å². The number of nitrogens with two attached hydrogens (primary N) is 2. The van der Waals surface area contributed by atoms with E-state index in [1.807, 2.05) is 0 Å². The summed E-state index contributed by atoms with van der Waals surface area (Å²) in [7, 11) is 0. The fraction of sp³-hybridized carbons (Fsp3) is 0.333. The zero-order chi connectivity index (χ0) is 13.9. The van der Waals surface area contributed by atoms with Crippen LogP contribution >= 0.6 is 0 Å². The first-order valence-electron chi connectivity index (χ1n) is 5.40. The van der Waals surface area contributed by atoms with Gasteiger partial charge in [-0.05, 0) is 32.0 Å². The molecule has 0 saturated carbocycles. The summed E-state index contributed by atoms with van der Waals surface area (Å²) in [4.78, 5) is 22.0. The van der Waals surface area contributed by atoms with Crippen molar-refractivity contribution in [2.45, 2.75) is 25.8 Å². The minimum absolute atomic E-state index is 0.0625. The molecule has 18 heavy (non-hydrogen) atoms. The Bertz CT molecular complexity index is 483. The molecule has 0 aliphatic heterocycles. The molecule has 0 spiro atoms. The van der Waals surface area contributed by atoms with E-state index >= 15 is 0 Å². The van der Waals surface area contributed by atoms with Gasteiger partial charge in [0.1, 0.15) is 0 Å². The molecule has 6 N–H and O–H groups in total. The number of benzene rings is 1. The number of carbonyl (C=O) groups is 2. The fourth-order valence-electron chi connectivity index (χ4n) is 1.69. The summed E-state index contributed by atoms with van der Waals surface area (Å²) in [6.45, 7) is 3.53. The first-order chi connectivity index (χ1) is 8.21. The number of hydrogen-bond donors (Lipinski definition) is 4. The molecule has 0 heterocycles. The minimum atomic E-state index is -1.08. The molecule has 1 aromatic rings. The minimum Gasteiger partial charge on any atom is -0.478 e. The van der Waals surface area contributed by atoms with Gasteiger partial charge in [0.25, 0.3) is 0 Å². The molecule has 6 heteroatoms. The summed E-state index contributed by atoms with van der Waals surface area (Å²) in [6, 6.07) is 4.53. The van der Waals surface area contributed by atoms with E-state index in [1.165, 1.54) is 6.07 Å². The van der Waals surface area contributed by atoms with E-state index in [4.69, 9.17) is 16.6 Å². The van der Waals surface area contributed by atoms with Crippen molar-refractivity contribution in [2.24, 2.45) is 5.73 Å². The van der Waals surface area contributed by atoms with Gasteiger partial charge in [-0.2, -0.15) is 0 Å². The van der Waals surface area contributed by atoms with Crippen LogP contribution < -0.4 is 16.8 Å². The molecule has 0 aliphatic carbocycles. The molecule has 0 bridgehead atoms. The van der Waals surface area contributed by atoms with E-state index < -0.39 is 17.4 Å². The number of primary amides is 1. The number of carbonyl (C=O) groups excluding carboxylic acids is 1. The Balaban J connectivity index is 3.03. The van der Waals surface area contributed by atoms with Crippen LogP contribution in [0.1, 0.15) is 30.6 Å². The van der Waals surface area contributed by atoms with Gasteiger partial charge in [-0.25, -0.2) is 4.79 Å². The Morgan fingerprint density at radius 2 is 2.00 bits per heavy atom. The summed E-state index contributed by atoms with van der Waals surface area (Å²) in [5, 5.41) is 12.1. The van der Waals surface area contributed by atoms with Gasteiger partial charge in [0.05, 0.1) is 5.56 Å². The first kappa shape index (κ1) is 13.8. The number of nitrogens with one attached hydrogen (secondary N) is 1. The standard InChI is InChI=1S/C12H17N3O3/c1-12(2,6-10(14)16)15-9-4-3-7(13)5-8(9)11(17)18/h3-5,15H,6,13H2,1-2H3,(H2,14,16)(H,17,18). The monoisotopic (exact) mass is 251 g/mol. The second kappa shape index (κ2) is 4.95. The molecule has 0 radical (unpaired) electrons. The van der Waals surface area contributed by atoms with Crippen LogP contribution in [0.2, 0.25) is 0 Å². The third-order valence-electron chi connectivity index (χ3n) is 2.36. The number of hydrogen-bond acceptors (Lipinski definition) is 4. The van der Waals surface area contributed by atoms with Crippen molar-refractivity contribution in [3.63, 3.8) is 0 Å². The Labute approximate surface area is 105 Å². The van der Waals surface area contributed by atoms with Gasteiger partial charge >= 0.3 is 5.97 Å². The molecule has 0 saturated heterocycles. The molecule has 0 aliphatic rings. The maximum atomic E-state index is 11.1. The lowest BCUT2D eigenvalue weighted by molar-refractivity contribution is -0.118. The number of rotatable bonds is 5. The maximum absolute atomic E-state index is 11.1. The van der Waals surface area contributed by atoms with Gasteiger partial charge in [0.15, 0.2) is 0 Å². The molecule has 1 rings (SSSR count). The highest BCUT2D eigenvalue weighted by atomic mass is 16.4. The summed E-state index contributed by atoms with van der Waals surface area (Å²) in [5.74, 6) is -1.54. The van der Waals surface area contributed by atoms with Crippen molar-refractivity contribution in [2.75, 3.05) is 11.1 Å². The zero-order valence-electron chi connectivity index (χ0n) is 10.4. The molecule has 1 amide bonds. The highest BCUT2D eigenvalue weighted by Crippen LogP contribution is 2.24. The van der Waals surface area contributed by atoms with E-state index in [-0.39, 0.29) is 12.0 Å². The average molecular weight is 251 g/mol. The summed E-state index contributed by atoms with van der Waals surface area (Å²) in [5.41, 5.74) is 10.9. The van der Waals surface area contributed by atoms with Crippen molar-refractivity contribution in [1.29, 1.82) is 0 Å². The Morgan fingerprint density at radius 3 is 2.50 bits per heavy atom. The third kappa shape index (κ3) is 3.65. The Kier molecular flexibility index (Phi) is 3.80. The van der Waals surface area contributed by atoms with Crippen LogP contribution in [0.5, 0.6) is 0 Å². The predicted octanol–water partition coefficient (Wildman–Crippen LogP) is 1.03. The number of aromatic carboxylic acids is 1. The third-order valence-corrected chi connectivity index (χ3v) is 2.36. The topological polar surface area (TPSA) is 118 Å². The number of carboxylic acids is 1. The lowest BCUT2D eigenvalue weighted by Gasteiger charge is -2.27. The van der Waals surface area contributed by atoms with E-state index in [9.17, 15) is 9.59 Å². The number of anilines is 2. The Hall–Kier alpha value is -2.24. The molecule has 98 valence electrons. The van der Waals surface area contributed by atoms with Crippen molar-refractivity contribution in [3.8, 4) is 0 Å². The molecule has 6 nitrogen and oxygen atoms in total.